The van der Waals surface area contributed by atoms with Gasteiger partial charge in [-0.25, -0.2) is 4.39 Å². The number of hydrogen-bond acceptors (Lipinski definition) is 3. The van der Waals surface area contributed by atoms with Crippen LogP contribution in [0.1, 0.15) is 24.1 Å². The predicted molar refractivity (Wildman–Crippen MR) is 88.9 cm³/mol. The second-order valence-corrected chi connectivity index (χ2v) is 5.86. The highest BCUT2D eigenvalue weighted by Crippen LogP contribution is 2.29. The number of benzene rings is 2. The molecule has 2 aromatic rings. The van der Waals surface area contributed by atoms with Crippen molar-refractivity contribution >= 4 is 15.9 Å². The third-order valence-corrected chi connectivity index (χ3v) is 4.00. The van der Waals surface area contributed by atoms with Gasteiger partial charge >= 0.3 is 0 Å². The third-order valence-electron chi connectivity index (χ3n) is 3.51. The molecule has 0 saturated carbocycles. The molecule has 0 fully saturated rings. The summed E-state index contributed by atoms with van der Waals surface area (Å²) < 4.78 is 25.3. The zero-order chi connectivity index (χ0) is 16.1. The minimum absolute atomic E-state index is 0.0107. The zero-order valence-electron chi connectivity index (χ0n) is 12.8. The molecule has 2 rings (SSSR count). The molecule has 0 saturated heterocycles. The molecule has 1 unspecified atom stereocenters. The Morgan fingerprint density at radius 2 is 1.91 bits per heavy atom. The van der Waals surface area contributed by atoms with Crippen LogP contribution in [0.3, 0.4) is 0 Å². The molecule has 118 valence electrons. The van der Waals surface area contributed by atoms with Gasteiger partial charge < -0.3 is 14.8 Å². The van der Waals surface area contributed by atoms with E-state index in [1.165, 1.54) is 6.07 Å². The fraction of sp³-hybridized carbons (Fsp3) is 0.294. The molecule has 0 bridgehead atoms. The molecule has 0 aliphatic carbocycles. The first kappa shape index (κ1) is 16.8. The van der Waals surface area contributed by atoms with Gasteiger partial charge in [0.05, 0.1) is 14.2 Å². The summed E-state index contributed by atoms with van der Waals surface area (Å²) in [6.07, 6.45) is 0. The monoisotopic (exact) mass is 367 g/mol. The summed E-state index contributed by atoms with van der Waals surface area (Å²) in [7, 11) is 3.26. The number of methoxy groups -OCH3 is 2. The molecule has 0 heterocycles. The van der Waals surface area contributed by atoms with E-state index in [-0.39, 0.29) is 11.9 Å². The average Bonchev–Trinajstić information content (AvgIpc) is 2.54. The Labute approximate surface area is 138 Å². The first-order valence-electron chi connectivity index (χ1n) is 6.94. The van der Waals surface area contributed by atoms with Crippen LogP contribution in [-0.4, -0.2) is 14.2 Å². The van der Waals surface area contributed by atoms with E-state index in [0.717, 1.165) is 21.5 Å². The average molecular weight is 368 g/mol. The summed E-state index contributed by atoms with van der Waals surface area (Å²) in [6.45, 7) is 2.43. The van der Waals surface area contributed by atoms with Crippen molar-refractivity contribution in [3.63, 3.8) is 0 Å². The number of ether oxygens (including phenoxy) is 2. The molecule has 0 amide bonds. The summed E-state index contributed by atoms with van der Waals surface area (Å²) in [5.41, 5.74) is 1.58. The highest BCUT2D eigenvalue weighted by Gasteiger charge is 2.13. The predicted octanol–water partition coefficient (Wildman–Crippen LogP) is 4.46. The molecule has 0 aliphatic heterocycles. The van der Waals surface area contributed by atoms with Crippen molar-refractivity contribution in [3.05, 3.63) is 57.8 Å². The molecule has 3 nitrogen and oxygen atoms in total. The highest BCUT2D eigenvalue weighted by atomic mass is 79.9. The van der Waals surface area contributed by atoms with Crippen molar-refractivity contribution in [3.8, 4) is 11.5 Å². The van der Waals surface area contributed by atoms with E-state index in [2.05, 4.69) is 21.2 Å². The van der Waals surface area contributed by atoms with Crippen molar-refractivity contribution < 1.29 is 13.9 Å². The lowest BCUT2D eigenvalue weighted by Crippen LogP contribution is -2.19. The van der Waals surface area contributed by atoms with E-state index >= 15 is 0 Å². The molecule has 2 aromatic carbocycles. The van der Waals surface area contributed by atoms with Gasteiger partial charge in [-0.2, -0.15) is 0 Å². The Bertz CT molecular complexity index is 649. The molecular weight excluding hydrogens is 349 g/mol. The van der Waals surface area contributed by atoms with E-state index in [1.807, 2.05) is 25.1 Å². The second-order valence-electron chi connectivity index (χ2n) is 4.95. The third kappa shape index (κ3) is 3.99. The maximum absolute atomic E-state index is 13.8. The molecule has 0 spiro atoms. The summed E-state index contributed by atoms with van der Waals surface area (Å²) >= 11 is 3.36. The zero-order valence-corrected chi connectivity index (χ0v) is 14.4. The van der Waals surface area contributed by atoms with Crippen molar-refractivity contribution in [1.29, 1.82) is 0 Å². The van der Waals surface area contributed by atoms with Crippen LogP contribution in [0, 0.1) is 5.82 Å². The lowest BCUT2D eigenvalue weighted by molar-refractivity contribution is 0.391. The normalized spacial score (nSPS) is 12.0. The summed E-state index contributed by atoms with van der Waals surface area (Å²) in [5.74, 6) is 1.31. The van der Waals surface area contributed by atoms with E-state index in [1.54, 1.807) is 26.4 Å². The van der Waals surface area contributed by atoms with Crippen LogP contribution in [0.5, 0.6) is 11.5 Å². The summed E-state index contributed by atoms with van der Waals surface area (Å²) in [6, 6.07) is 10.6. The fourth-order valence-corrected chi connectivity index (χ4v) is 2.64. The lowest BCUT2D eigenvalue weighted by Gasteiger charge is -2.18. The fourth-order valence-electron chi connectivity index (χ4n) is 2.23. The van der Waals surface area contributed by atoms with Crippen LogP contribution >= 0.6 is 15.9 Å². The van der Waals surface area contributed by atoms with Crippen LogP contribution < -0.4 is 14.8 Å². The lowest BCUT2D eigenvalue weighted by atomic mass is 10.1. The van der Waals surface area contributed by atoms with Crippen LogP contribution in [-0.2, 0) is 6.54 Å². The topological polar surface area (TPSA) is 30.5 Å². The standard InChI is InChI=1S/C17H19BrFNO2/c1-11(15-9-14(21-2)5-7-17(15)22-3)20-10-12-8-13(18)4-6-16(12)19/h4-9,11,20H,10H2,1-3H3. The van der Waals surface area contributed by atoms with Gasteiger partial charge in [-0.05, 0) is 43.3 Å². The number of hydrogen-bond donors (Lipinski definition) is 1. The van der Waals surface area contributed by atoms with Crippen molar-refractivity contribution in [2.45, 2.75) is 19.5 Å². The molecule has 1 N–H and O–H groups in total. The van der Waals surface area contributed by atoms with Gasteiger partial charge in [0.1, 0.15) is 17.3 Å². The van der Waals surface area contributed by atoms with Gasteiger partial charge in [0.2, 0.25) is 0 Å². The molecule has 0 aliphatic rings. The molecular formula is C17H19BrFNO2. The Balaban J connectivity index is 2.15. The number of nitrogens with one attached hydrogen (secondary N) is 1. The molecule has 5 heteroatoms. The van der Waals surface area contributed by atoms with Crippen molar-refractivity contribution in [2.24, 2.45) is 0 Å². The summed E-state index contributed by atoms with van der Waals surface area (Å²) in [5, 5.41) is 3.31. The van der Waals surface area contributed by atoms with Gasteiger partial charge in [0, 0.05) is 28.2 Å². The van der Waals surface area contributed by atoms with Crippen molar-refractivity contribution in [2.75, 3.05) is 14.2 Å². The van der Waals surface area contributed by atoms with Gasteiger partial charge in [0.15, 0.2) is 0 Å². The van der Waals surface area contributed by atoms with E-state index in [4.69, 9.17) is 9.47 Å². The number of halogens is 2. The quantitative estimate of drug-likeness (QED) is 0.817. The largest absolute Gasteiger partial charge is 0.497 e. The van der Waals surface area contributed by atoms with Gasteiger partial charge in [-0.3, -0.25) is 0 Å². The Hall–Kier alpha value is -1.59. The van der Waals surface area contributed by atoms with E-state index in [0.29, 0.717) is 12.1 Å². The van der Waals surface area contributed by atoms with Crippen molar-refractivity contribution in [1.82, 2.24) is 5.32 Å². The first-order valence-corrected chi connectivity index (χ1v) is 7.73. The molecule has 0 aromatic heterocycles. The SMILES string of the molecule is COc1ccc(OC)c(C(C)NCc2cc(Br)ccc2F)c1. The van der Waals surface area contributed by atoms with Crippen LogP contribution in [0.2, 0.25) is 0 Å². The molecule has 1 atom stereocenters. The smallest absolute Gasteiger partial charge is 0.127 e. The van der Waals surface area contributed by atoms with Crippen LogP contribution in [0.25, 0.3) is 0 Å². The minimum atomic E-state index is -0.222. The molecule has 22 heavy (non-hydrogen) atoms. The Morgan fingerprint density at radius 1 is 1.14 bits per heavy atom. The van der Waals surface area contributed by atoms with Gasteiger partial charge in [-0.1, -0.05) is 15.9 Å². The highest BCUT2D eigenvalue weighted by molar-refractivity contribution is 9.10. The Kier molecular flexibility index (Phi) is 5.80. The van der Waals surface area contributed by atoms with E-state index < -0.39 is 0 Å². The van der Waals surface area contributed by atoms with Crippen LogP contribution in [0.15, 0.2) is 40.9 Å². The maximum atomic E-state index is 13.8. The Morgan fingerprint density at radius 3 is 2.59 bits per heavy atom. The first-order chi connectivity index (χ1) is 10.5. The number of rotatable bonds is 6. The second kappa shape index (κ2) is 7.61. The van der Waals surface area contributed by atoms with Gasteiger partial charge in [0.25, 0.3) is 0 Å². The van der Waals surface area contributed by atoms with Crippen LogP contribution in [0.4, 0.5) is 4.39 Å². The van der Waals surface area contributed by atoms with E-state index in [9.17, 15) is 4.39 Å². The minimum Gasteiger partial charge on any atom is -0.497 e. The van der Waals surface area contributed by atoms with Gasteiger partial charge in [-0.15, -0.1) is 0 Å². The maximum Gasteiger partial charge on any atom is 0.127 e. The summed E-state index contributed by atoms with van der Waals surface area (Å²) in [4.78, 5) is 0. The molecule has 0 radical (unpaired) electrons.